The van der Waals surface area contributed by atoms with Gasteiger partial charge >= 0.3 is 0 Å². The maximum absolute atomic E-state index is 5.91. The molecule has 0 fully saturated rings. The van der Waals surface area contributed by atoms with E-state index in [1.165, 1.54) is 5.56 Å². The van der Waals surface area contributed by atoms with Crippen LogP contribution in [-0.2, 0) is 0 Å². The van der Waals surface area contributed by atoms with E-state index < -0.39 is 0 Å². The standard InChI is InChI=1S/C12H16BrN3/c1-8(2)16-11(7-15-12(16)14)9-4-3-5-10(13)6-9/h3-6,8,11H,7H2,1-2H3,(H2,14,15). The van der Waals surface area contributed by atoms with E-state index in [1.54, 1.807) is 0 Å². The fraction of sp³-hybridized carbons (Fsp3) is 0.417. The second-order valence-electron chi connectivity index (χ2n) is 4.27. The van der Waals surface area contributed by atoms with E-state index in [-0.39, 0.29) is 6.04 Å². The van der Waals surface area contributed by atoms with E-state index in [0.717, 1.165) is 11.0 Å². The molecule has 1 aromatic carbocycles. The number of hydrogen-bond donors (Lipinski definition) is 1. The lowest BCUT2D eigenvalue weighted by atomic mass is 10.1. The number of benzene rings is 1. The highest BCUT2D eigenvalue weighted by Gasteiger charge is 2.29. The summed E-state index contributed by atoms with van der Waals surface area (Å²) in [4.78, 5) is 6.50. The largest absolute Gasteiger partial charge is 0.370 e. The lowest BCUT2D eigenvalue weighted by molar-refractivity contribution is 0.290. The second kappa shape index (κ2) is 4.45. The van der Waals surface area contributed by atoms with Gasteiger partial charge in [-0.2, -0.15) is 0 Å². The number of nitrogens with zero attached hydrogens (tertiary/aromatic N) is 2. The van der Waals surface area contributed by atoms with Gasteiger partial charge in [0, 0.05) is 10.5 Å². The Balaban J connectivity index is 2.29. The second-order valence-corrected chi connectivity index (χ2v) is 5.19. The Bertz CT molecular complexity index is 414. The minimum absolute atomic E-state index is 0.275. The number of guanidine groups is 1. The Hall–Kier alpha value is -1.03. The predicted molar refractivity (Wildman–Crippen MR) is 70.3 cm³/mol. The van der Waals surface area contributed by atoms with Crippen LogP contribution in [0, 0.1) is 0 Å². The molecule has 1 aliphatic heterocycles. The van der Waals surface area contributed by atoms with Gasteiger partial charge < -0.3 is 10.6 Å². The Kier molecular flexibility index (Phi) is 3.19. The molecular weight excluding hydrogens is 266 g/mol. The fourth-order valence-electron chi connectivity index (χ4n) is 2.11. The van der Waals surface area contributed by atoms with Crippen LogP contribution in [0.2, 0.25) is 0 Å². The predicted octanol–water partition coefficient (Wildman–Crippen LogP) is 2.53. The topological polar surface area (TPSA) is 41.6 Å². The summed E-state index contributed by atoms with van der Waals surface area (Å²) in [5, 5.41) is 0. The van der Waals surface area contributed by atoms with Crippen molar-refractivity contribution in [3.05, 3.63) is 34.3 Å². The molecule has 86 valence electrons. The van der Waals surface area contributed by atoms with Gasteiger partial charge in [0.05, 0.1) is 12.6 Å². The highest BCUT2D eigenvalue weighted by Crippen LogP contribution is 2.28. The first-order valence-corrected chi connectivity index (χ1v) is 6.22. The SMILES string of the molecule is CC(C)N1C(N)=NCC1c1cccc(Br)c1. The number of hydrogen-bond acceptors (Lipinski definition) is 3. The summed E-state index contributed by atoms with van der Waals surface area (Å²) in [5.74, 6) is 0.653. The van der Waals surface area contributed by atoms with Crippen molar-refractivity contribution in [2.45, 2.75) is 25.9 Å². The summed E-state index contributed by atoms with van der Waals surface area (Å²) in [6, 6.07) is 8.98. The van der Waals surface area contributed by atoms with Gasteiger partial charge in [-0.1, -0.05) is 28.1 Å². The molecule has 4 heteroatoms. The van der Waals surface area contributed by atoms with Gasteiger partial charge in [-0.15, -0.1) is 0 Å². The normalized spacial score (nSPS) is 20.4. The van der Waals surface area contributed by atoms with Crippen LogP contribution in [0.25, 0.3) is 0 Å². The minimum Gasteiger partial charge on any atom is -0.370 e. The number of halogens is 1. The zero-order chi connectivity index (χ0) is 11.7. The Morgan fingerprint density at radius 2 is 2.25 bits per heavy atom. The van der Waals surface area contributed by atoms with E-state index in [4.69, 9.17) is 5.73 Å². The van der Waals surface area contributed by atoms with Crippen LogP contribution in [0.1, 0.15) is 25.5 Å². The van der Waals surface area contributed by atoms with Crippen LogP contribution in [0.5, 0.6) is 0 Å². The van der Waals surface area contributed by atoms with E-state index in [2.05, 4.69) is 51.8 Å². The average Bonchev–Trinajstić information content (AvgIpc) is 2.60. The molecule has 0 aliphatic carbocycles. The van der Waals surface area contributed by atoms with Gasteiger partial charge in [-0.25, -0.2) is 0 Å². The zero-order valence-electron chi connectivity index (χ0n) is 9.52. The first-order chi connectivity index (χ1) is 7.59. The van der Waals surface area contributed by atoms with Crippen LogP contribution in [0.4, 0.5) is 0 Å². The molecule has 0 saturated heterocycles. The van der Waals surface area contributed by atoms with Crippen molar-refractivity contribution in [3.63, 3.8) is 0 Å². The molecule has 1 aromatic rings. The third-order valence-corrected chi connectivity index (χ3v) is 3.31. The Morgan fingerprint density at radius 3 is 2.88 bits per heavy atom. The Morgan fingerprint density at radius 1 is 1.50 bits per heavy atom. The molecule has 1 aliphatic rings. The fourth-order valence-corrected chi connectivity index (χ4v) is 2.53. The van der Waals surface area contributed by atoms with Crippen LogP contribution in [-0.4, -0.2) is 23.4 Å². The minimum atomic E-state index is 0.275. The molecule has 3 nitrogen and oxygen atoms in total. The first-order valence-electron chi connectivity index (χ1n) is 5.43. The van der Waals surface area contributed by atoms with Gasteiger partial charge in [0.2, 0.25) is 0 Å². The van der Waals surface area contributed by atoms with E-state index in [0.29, 0.717) is 12.0 Å². The molecule has 1 atom stereocenters. The van der Waals surface area contributed by atoms with Gasteiger partial charge in [0.1, 0.15) is 0 Å². The molecule has 0 radical (unpaired) electrons. The van der Waals surface area contributed by atoms with Crippen molar-refractivity contribution in [1.29, 1.82) is 0 Å². The van der Waals surface area contributed by atoms with Gasteiger partial charge in [-0.3, -0.25) is 4.99 Å². The highest BCUT2D eigenvalue weighted by atomic mass is 79.9. The molecule has 2 N–H and O–H groups in total. The smallest absolute Gasteiger partial charge is 0.192 e. The van der Waals surface area contributed by atoms with Crippen LogP contribution in [0.3, 0.4) is 0 Å². The van der Waals surface area contributed by atoms with Crippen molar-refractivity contribution >= 4 is 21.9 Å². The molecule has 0 aromatic heterocycles. The summed E-state index contributed by atoms with van der Waals surface area (Å²) >= 11 is 3.49. The maximum Gasteiger partial charge on any atom is 0.192 e. The summed E-state index contributed by atoms with van der Waals surface area (Å²) < 4.78 is 1.10. The third-order valence-electron chi connectivity index (χ3n) is 2.82. The summed E-state index contributed by atoms with van der Waals surface area (Å²) in [6.07, 6.45) is 0. The van der Waals surface area contributed by atoms with Gasteiger partial charge in [-0.05, 0) is 31.5 Å². The number of nitrogens with two attached hydrogens (primary N) is 1. The highest BCUT2D eigenvalue weighted by molar-refractivity contribution is 9.10. The quantitative estimate of drug-likeness (QED) is 0.905. The van der Waals surface area contributed by atoms with Crippen molar-refractivity contribution in [2.24, 2.45) is 10.7 Å². The number of aliphatic imine (C=N–C) groups is 1. The van der Waals surface area contributed by atoms with Crippen molar-refractivity contribution in [1.82, 2.24) is 4.90 Å². The Labute approximate surface area is 104 Å². The lowest BCUT2D eigenvalue weighted by Gasteiger charge is -2.30. The summed E-state index contributed by atoms with van der Waals surface area (Å²) in [5.41, 5.74) is 7.17. The summed E-state index contributed by atoms with van der Waals surface area (Å²) in [7, 11) is 0. The van der Waals surface area contributed by atoms with Crippen molar-refractivity contribution < 1.29 is 0 Å². The molecule has 2 rings (SSSR count). The van der Waals surface area contributed by atoms with E-state index in [1.807, 2.05) is 12.1 Å². The van der Waals surface area contributed by atoms with Gasteiger partial charge in [0.15, 0.2) is 5.96 Å². The molecule has 0 spiro atoms. The summed E-state index contributed by atoms with van der Waals surface area (Å²) in [6.45, 7) is 5.03. The third kappa shape index (κ3) is 2.07. The van der Waals surface area contributed by atoms with Crippen molar-refractivity contribution in [2.75, 3.05) is 6.54 Å². The maximum atomic E-state index is 5.91. The molecule has 0 saturated carbocycles. The first kappa shape index (κ1) is 11.5. The molecule has 1 unspecified atom stereocenters. The van der Waals surface area contributed by atoms with Crippen LogP contribution < -0.4 is 5.73 Å². The molecule has 0 bridgehead atoms. The molecular formula is C12H16BrN3. The number of rotatable bonds is 2. The zero-order valence-corrected chi connectivity index (χ0v) is 11.1. The molecule has 1 heterocycles. The van der Waals surface area contributed by atoms with Crippen LogP contribution in [0.15, 0.2) is 33.7 Å². The monoisotopic (exact) mass is 281 g/mol. The molecule has 16 heavy (non-hydrogen) atoms. The van der Waals surface area contributed by atoms with Crippen molar-refractivity contribution in [3.8, 4) is 0 Å². The average molecular weight is 282 g/mol. The van der Waals surface area contributed by atoms with Gasteiger partial charge in [0.25, 0.3) is 0 Å². The molecule has 0 amide bonds. The lowest BCUT2D eigenvalue weighted by Crippen LogP contribution is -2.40. The van der Waals surface area contributed by atoms with E-state index in [9.17, 15) is 0 Å². The van der Waals surface area contributed by atoms with E-state index >= 15 is 0 Å². The van der Waals surface area contributed by atoms with Crippen LogP contribution >= 0.6 is 15.9 Å².